The van der Waals surface area contributed by atoms with E-state index >= 15 is 0 Å². The van der Waals surface area contributed by atoms with Crippen LogP contribution in [-0.4, -0.2) is 62.9 Å². The molecule has 0 radical (unpaired) electrons. The van der Waals surface area contributed by atoms with E-state index in [-0.39, 0.29) is 48.3 Å². The zero-order valence-corrected chi connectivity index (χ0v) is 20.3. The molecule has 2 rings (SSSR count). The summed E-state index contributed by atoms with van der Waals surface area (Å²) in [6, 6.07) is -0.483. The first kappa shape index (κ1) is 28.5. The molecule has 6 atom stereocenters. The smallest absolute Gasteiger partial charge is 0.323 e. The lowest BCUT2D eigenvalue weighted by Crippen LogP contribution is -2.43. The first-order chi connectivity index (χ1) is 15.4. The number of ether oxygens (including phenoxy) is 4. The molecule has 2 saturated heterocycles. The van der Waals surface area contributed by atoms with Crippen molar-refractivity contribution in [2.45, 2.75) is 90.9 Å². The summed E-state index contributed by atoms with van der Waals surface area (Å²) in [7, 11) is 0. The Morgan fingerprint density at radius 1 is 0.906 bits per heavy atom. The Balaban J connectivity index is 0.000000323. The lowest BCUT2D eigenvalue weighted by atomic mass is 9.81. The summed E-state index contributed by atoms with van der Waals surface area (Å²) in [6.07, 6.45) is 6.91. The molecule has 8 heteroatoms. The molecular weight excluding hydrogens is 414 g/mol. The summed E-state index contributed by atoms with van der Waals surface area (Å²) >= 11 is 0. The van der Waals surface area contributed by atoms with Gasteiger partial charge < -0.3 is 29.5 Å². The molecule has 2 aliphatic heterocycles. The van der Waals surface area contributed by atoms with Gasteiger partial charge in [-0.25, -0.2) is 0 Å². The fourth-order valence-electron chi connectivity index (χ4n) is 4.34. The summed E-state index contributed by atoms with van der Waals surface area (Å²) in [4.78, 5) is 33.9. The summed E-state index contributed by atoms with van der Waals surface area (Å²) < 4.78 is 21.1. The van der Waals surface area contributed by atoms with E-state index in [1.807, 2.05) is 0 Å². The van der Waals surface area contributed by atoms with Gasteiger partial charge in [0, 0.05) is 19.6 Å². The molecule has 0 aromatic rings. The van der Waals surface area contributed by atoms with Crippen molar-refractivity contribution >= 4 is 18.2 Å². The topological polar surface area (TPSA) is 114 Å². The molecule has 32 heavy (non-hydrogen) atoms. The van der Waals surface area contributed by atoms with Gasteiger partial charge in [-0.3, -0.25) is 9.59 Å². The first-order valence-electron chi connectivity index (χ1n) is 12.2. The highest BCUT2D eigenvalue weighted by Crippen LogP contribution is 2.31. The Morgan fingerprint density at radius 3 is 1.91 bits per heavy atom. The van der Waals surface area contributed by atoms with Crippen LogP contribution >= 0.6 is 0 Å². The van der Waals surface area contributed by atoms with E-state index in [0.717, 1.165) is 44.8 Å². The van der Waals surface area contributed by atoms with Crippen molar-refractivity contribution in [1.82, 2.24) is 0 Å². The van der Waals surface area contributed by atoms with E-state index in [1.54, 1.807) is 13.8 Å². The van der Waals surface area contributed by atoms with E-state index < -0.39 is 6.04 Å². The Hall–Kier alpha value is -1.51. The van der Waals surface area contributed by atoms with Crippen LogP contribution in [0.1, 0.15) is 72.6 Å². The summed E-state index contributed by atoms with van der Waals surface area (Å²) in [6.45, 7) is 9.89. The monoisotopic (exact) mass is 457 g/mol. The lowest BCUT2D eigenvalue weighted by Gasteiger charge is -2.32. The van der Waals surface area contributed by atoms with Gasteiger partial charge in [-0.2, -0.15) is 0 Å². The molecule has 0 unspecified atom stereocenters. The second-order valence-corrected chi connectivity index (χ2v) is 8.41. The maximum absolute atomic E-state index is 11.8. The van der Waals surface area contributed by atoms with E-state index in [2.05, 4.69) is 13.8 Å². The highest BCUT2D eigenvalue weighted by Gasteiger charge is 2.33. The maximum atomic E-state index is 11.8. The largest absolute Gasteiger partial charge is 0.466 e. The van der Waals surface area contributed by atoms with Gasteiger partial charge in [0.05, 0.1) is 31.3 Å². The zero-order valence-electron chi connectivity index (χ0n) is 20.3. The molecule has 0 amide bonds. The third kappa shape index (κ3) is 9.55. The number of aldehydes is 1. The molecule has 2 aliphatic rings. The number of esters is 2. The van der Waals surface area contributed by atoms with Gasteiger partial charge in [0.25, 0.3) is 0 Å². The van der Waals surface area contributed by atoms with E-state index in [4.69, 9.17) is 24.7 Å². The highest BCUT2D eigenvalue weighted by molar-refractivity contribution is 5.76. The third-order valence-electron chi connectivity index (χ3n) is 6.30. The van der Waals surface area contributed by atoms with Crippen molar-refractivity contribution in [2.75, 3.05) is 26.4 Å². The number of carbonyl (C=O) groups is 3. The van der Waals surface area contributed by atoms with Crippen molar-refractivity contribution in [3.63, 3.8) is 0 Å². The van der Waals surface area contributed by atoms with Crippen molar-refractivity contribution in [1.29, 1.82) is 0 Å². The van der Waals surface area contributed by atoms with Crippen LogP contribution in [-0.2, 0) is 33.3 Å². The molecule has 0 saturated carbocycles. The van der Waals surface area contributed by atoms with Gasteiger partial charge in [-0.05, 0) is 64.2 Å². The molecular formula is C24H43NO7. The Morgan fingerprint density at radius 2 is 1.41 bits per heavy atom. The van der Waals surface area contributed by atoms with Crippen molar-refractivity contribution < 1.29 is 33.3 Å². The van der Waals surface area contributed by atoms with Gasteiger partial charge >= 0.3 is 11.9 Å². The highest BCUT2D eigenvalue weighted by atomic mass is 16.5. The Bertz CT molecular complexity index is 556. The first-order valence-corrected chi connectivity index (χ1v) is 12.2. The molecule has 2 heterocycles. The van der Waals surface area contributed by atoms with E-state index in [1.165, 1.54) is 0 Å². The molecule has 2 N–H and O–H groups in total. The maximum Gasteiger partial charge on any atom is 0.323 e. The second kappa shape index (κ2) is 16.2. The van der Waals surface area contributed by atoms with E-state index in [9.17, 15) is 14.4 Å². The number of hydrogen-bond donors (Lipinski definition) is 1. The minimum atomic E-state index is -0.483. The number of hydrogen-bond acceptors (Lipinski definition) is 8. The van der Waals surface area contributed by atoms with Crippen molar-refractivity contribution in [3.8, 4) is 0 Å². The van der Waals surface area contributed by atoms with Gasteiger partial charge in [-0.15, -0.1) is 0 Å². The summed E-state index contributed by atoms with van der Waals surface area (Å²) in [5.74, 6) is -0.369. The standard InChI is InChI=1S/C13H22O4.C11H21NO3/c1-3-11-9-10(6-8-17-11)12(5-7-14)13(15)16-4-2;1-3-9-7-8(5-6-15-9)10(12)11(13)14-4-2/h7,10-12H,3-6,8-9H2,1-2H3;8-10H,3-7,12H2,1-2H3/t10-,11+,12+;8-,9+,10+/m00/s1. The average Bonchev–Trinajstić information content (AvgIpc) is 2.82. The minimum absolute atomic E-state index is 0.211. The average molecular weight is 458 g/mol. The van der Waals surface area contributed by atoms with Gasteiger partial charge in [-0.1, -0.05) is 13.8 Å². The summed E-state index contributed by atoms with van der Waals surface area (Å²) in [5, 5.41) is 0. The van der Waals surface area contributed by atoms with Crippen LogP contribution in [0, 0.1) is 17.8 Å². The molecule has 0 aromatic carbocycles. The fraction of sp³-hybridized carbons (Fsp3) is 0.875. The molecule has 2 fully saturated rings. The third-order valence-corrected chi connectivity index (χ3v) is 6.30. The predicted octanol–water partition coefficient (Wildman–Crippen LogP) is 3.04. The van der Waals surface area contributed by atoms with Crippen LogP contribution in [0.25, 0.3) is 0 Å². The lowest BCUT2D eigenvalue weighted by molar-refractivity contribution is -0.153. The van der Waals surface area contributed by atoms with Crippen LogP contribution in [0.4, 0.5) is 0 Å². The predicted molar refractivity (Wildman–Crippen MR) is 121 cm³/mol. The SMILES string of the molecule is CCOC(=O)[C@H](CC=O)[C@H]1CCO[C@H](CC)C1.CCOC(=O)[C@H](N)[C@H]1CCO[C@H](CC)C1. The van der Waals surface area contributed by atoms with Crippen LogP contribution in [0.15, 0.2) is 0 Å². The van der Waals surface area contributed by atoms with Crippen LogP contribution < -0.4 is 5.73 Å². The van der Waals surface area contributed by atoms with Gasteiger partial charge in [0.1, 0.15) is 12.3 Å². The van der Waals surface area contributed by atoms with Crippen LogP contribution in [0.3, 0.4) is 0 Å². The molecule has 8 nitrogen and oxygen atoms in total. The minimum Gasteiger partial charge on any atom is -0.466 e. The molecule has 0 aliphatic carbocycles. The van der Waals surface area contributed by atoms with Gasteiger partial charge in [0.15, 0.2) is 0 Å². The fourth-order valence-corrected chi connectivity index (χ4v) is 4.34. The molecule has 186 valence electrons. The van der Waals surface area contributed by atoms with E-state index in [0.29, 0.717) is 26.4 Å². The molecule has 0 aromatic heterocycles. The number of rotatable bonds is 10. The zero-order chi connectivity index (χ0) is 23.9. The number of nitrogens with two attached hydrogens (primary N) is 1. The molecule has 0 bridgehead atoms. The summed E-state index contributed by atoms with van der Waals surface area (Å²) in [5.41, 5.74) is 5.86. The van der Waals surface area contributed by atoms with Gasteiger partial charge in [0.2, 0.25) is 0 Å². The molecule has 0 spiro atoms. The number of carbonyl (C=O) groups excluding carboxylic acids is 3. The Labute approximate surface area is 192 Å². The normalized spacial score (nSPS) is 27.3. The quantitative estimate of drug-likeness (QED) is 0.393. The van der Waals surface area contributed by atoms with Crippen molar-refractivity contribution in [2.24, 2.45) is 23.5 Å². The Kier molecular flexibility index (Phi) is 14.4. The second-order valence-electron chi connectivity index (χ2n) is 8.41. The van der Waals surface area contributed by atoms with Crippen molar-refractivity contribution in [3.05, 3.63) is 0 Å². The van der Waals surface area contributed by atoms with Crippen LogP contribution in [0.5, 0.6) is 0 Å². The van der Waals surface area contributed by atoms with Crippen LogP contribution in [0.2, 0.25) is 0 Å².